The van der Waals surface area contributed by atoms with E-state index in [4.69, 9.17) is 4.74 Å². The molecule has 1 atom stereocenters. The number of nitrogens with zero attached hydrogens (tertiary/aromatic N) is 1. The molecule has 0 aliphatic heterocycles. The van der Waals surface area contributed by atoms with Crippen molar-refractivity contribution in [3.8, 4) is 5.75 Å². The van der Waals surface area contributed by atoms with Crippen LogP contribution in [0.2, 0.25) is 0 Å². The van der Waals surface area contributed by atoms with Gasteiger partial charge in [-0.1, -0.05) is 42.0 Å². The van der Waals surface area contributed by atoms with Gasteiger partial charge in [0.15, 0.2) is 6.61 Å². The Hall–Kier alpha value is -3.14. The van der Waals surface area contributed by atoms with Crippen molar-refractivity contribution in [2.24, 2.45) is 0 Å². The van der Waals surface area contributed by atoms with Crippen LogP contribution in [-0.4, -0.2) is 17.5 Å². The van der Waals surface area contributed by atoms with E-state index in [-0.39, 0.29) is 18.6 Å². The molecule has 0 fully saturated rings. The summed E-state index contributed by atoms with van der Waals surface area (Å²) in [7, 11) is 0. The van der Waals surface area contributed by atoms with Crippen LogP contribution >= 0.6 is 0 Å². The van der Waals surface area contributed by atoms with E-state index in [1.54, 1.807) is 6.20 Å². The minimum atomic E-state index is -0.307. The number of benzene rings is 2. The van der Waals surface area contributed by atoms with Crippen LogP contribution < -0.4 is 10.1 Å². The predicted octanol–water partition coefficient (Wildman–Crippen LogP) is 4.16. The molecule has 4 rings (SSSR count). The standard InChI is InChI=1S/C24H24N2O2/c1-17-8-10-19(11-9-17)24(22-7-2-3-14-25-22)26-23(27)16-28-21-13-12-18-5-4-6-20(18)15-21/h2-3,7-15,24H,4-6,16H2,1H3,(H,26,27)/t24-/m0/s1. The average molecular weight is 372 g/mol. The van der Waals surface area contributed by atoms with Crippen molar-refractivity contribution in [3.05, 3.63) is 94.8 Å². The smallest absolute Gasteiger partial charge is 0.258 e. The molecule has 1 aromatic heterocycles. The van der Waals surface area contributed by atoms with Crippen LogP contribution in [0.15, 0.2) is 66.9 Å². The lowest BCUT2D eigenvalue weighted by Crippen LogP contribution is -2.33. The minimum Gasteiger partial charge on any atom is -0.484 e. The zero-order valence-electron chi connectivity index (χ0n) is 16.0. The maximum atomic E-state index is 12.6. The van der Waals surface area contributed by atoms with E-state index in [2.05, 4.69) is 22.4 Å². The van der Waals surface area contributed by atoms with Gasteiger partial charge in [0.25, 0.3) is 5.91 Å². The Bertz CT molecular complexity index is 952. The van der Waals surface area contributed by atoms with E-state index >= 15 is 0 Å². The molecule has 1 aliphatic carbocycles. The quantitative estimate of drug-likeness (QED) is 0.707. The van der Waals surface area contributed by atoms with Gasteiger partial charge in [0.1, 0.15) is 5.75 Å². The number of aromatic nitrogens is 1. The number of pyridine rings is 1. The summed E-state index contributed by atoms with van der Waals surface area (Å²) in [6.45, 7) is 2.02. The fraction of sp³-hybridized carbons (Fsp3) is 0.250. The van der Waals surface area contributed by atoms with Gasteiger partial charge in [-0.3, -0.25) is 9.78 Å². The van der Waals surface area contributed by atoms with Gasteiger partial charge in [-0.2, -0.15) is 0 Å². The molecule has 1 amide bonds. The third kappa shape index (κ3) is 4.22. The summed E-state index contributed by atoms with van der Waals surface area (Å²) in [5, 5.41) is 3.07. The van der Waals surface area contributed by atoms with E-state index in [1.165, 1.54) is 23.1 Å². The summed E-state index contributed by atoms with van der Waals surface area (Å²) >= 11 is 0. The molecule has 0 saturated heterocycles. The van der Waals surface area contributed by atoms with Gasteiger partial charge >= 0.3 is 0 Å². The van der Waals surface area contributed by atoms with Crippen molar-refractivity contribution in [1.82, 2.24) is 10.3 Å². The summed E-state index contributed by atoms with van der Waals surface area (Å²) in [5.74, 6) is 0.581. The molecule has 0 unspecified atom stereocenters. The highest BCUT2D eigenvalue weighted by molar-refractivity contribution is 5.78. The fourth-order valence-electron chi connectivity index (χ4n) is 3.62. The van der Waals surface area contributed by atoms with Crippen LogP contribution in [0.5, 0.6) is 5.75 Å². The Kier molecular flexibility index (Phi) is 5.38. The highest BCUT2D eigenvalue weighted by Crippen LogP contribution is 2.26. The molecule has 1 N–H and O–H groups in total. The van der Waals surface area contributed by atoms with Crippen molar-refractivity contribution in [2.45, 2.75) is 32.2 Å². The lowest BCUT2D eigenvalue weighted by atomic mass is 10.0. The number of carbonyl (C=O) groups excluding carboxylic acids is 1. The number of hydrogen-bond acceptors (Lipinski definition) is 3. The fourth-order valence-corrected chi connectivity index (χ4v) is 3.62. The van der Waals surface area contributed by atoms with Gasteiger partial charge in [0.05, 0.1) is 11.7 Å². The van der Waals surface area contributed by atoms with Crippen molar-refractivity contribution < 1.29 is 9.53 Å². The van der Waals surface area contributed by atoms with Crippen LogP contribution in [-0.2, 0) is 17.6 Å². The summed E-state index contributed by atoms with van der Waals surface area (Å²) in [6.07, 6.45) is 5.16. The summed E-state index contributed by atoms with van der Waals surface area (Å²) < 4.78 is 5.75. The number of rotatable bonds is 6. The van der Waals surface area contributed by atoms with Crippen LogP contribution in [0.3, 0.4) is 0 Å². The molecule has 3 aromatic rings. The molecule has 0 radical (unpaired) electrons. The van der Waals surface area contributed by atoms with Gasteiger partial charge < -0.3 is 10.1 Å². The first-order valence-electron chi connectivity index (χ1n) is 9.70. The van der Waals surface area contributed by atoms with E-state index < -0.39 is 0 Å². The van der Waals surface area contributed by atoms with E-state index in [9.17, 15) is 4.79 Å². The van der Waals surface area contributed by atoms with E-state index in [0.717, 1.165) is 29.8 Å². The summed E-state index contributed by atoms with van der Waals surface area (Å²) in [4.78, 5) is 17.0. The third-order valence-corrected chi connectivity index (χ3v) is 5.14. The number of hydrogen-bond donors (Lipinski definition) is 1. The van der Waals surface area contributed by atoms with Gasteiger partial charge in [-0.15, -0.1) is 0 Å². The molecule has 2 aromatic carbocycles. The summed E-state index contributed by atoms with van der Waals surface area (Å²) in [6, 6.07) is 19.7. The van der Waals surface area contributed by atoms with Crippen LogP contribution in [0, 0.1) is 6.92 Å². The molecule has 28 heavy (non-hydrogen) atoms. The second-order valence-electron chi connectivity index (χ2n) is 7.24. The normalized spacial score (nSPS) is 13.6. The van der Waals surface area contributed by atoms with Crippen molar-refractivity contribution in [1.29, 1.82) is 0 Å². The number of carbonyl (C=O) groups is 1. The van der Waals surface area contributed by atoms with Gasteiger partial charge in [-0.05, 0) is 67.1 Å². The van der Waals surface area contributed by atoms with Crippen molar-refractivity contribution in [2.75, 3.05) is 6.61 Å². The number of nitrogens with one attached hydrogen (secondary N) is 1. The predicted molar refractivity (Wildman–Crippen MR) is 109 cm³/mol. The molecule has 1 aliphatic rings. The lowest BCUT2D eigenvalue weighted by Gasteiger charge is -2.19. The maximum absolute atomic E-state index is 12.6. The number of amides is 1. The molecule has 0 spiro atoms. The molecule has 0 saturated carbocycles. The summed E-state index contributed by atoms with van der Waals surface area (Å²) in [5.41, 5.74) is 5.71. The molecule has 4 nitrogen and oxygen atoms in total. The number of aryl methyl sites for hydroxylation is 3. The Morgan fingerprint density at radius 3 is 2.68 bits per heavy atom. The lowest BCUT2D eigenvalue weighted by molar-refractivity contribution is -0.123. The zero-order valence-corrected chi connectivity index (χ0v) is 16.0. The van der Waals surface area contributed by atoms with Crippen molar-refractivity contribution >= 4 is 5.91 Å². The molecule has 4 heteroatoms. The van der Waals surface area contributed by atoms with Crippen LogP contribution in [0.25, 0.3) is 0 Å². The molecule has 142 valence electrons. The monoisotopic (exact) mass is 372 g/mol. The van der Waals surface area contributed by atoms with Gasteiger partial charge in [0, 0.05) is 6.20 Å². The first kappa shape index (κ1) is 18.2. The Labute approximate surface area is 165 Å². The topological polar surface area (TPSA) is 51.2 Å². The molecule has 1 heterocycles. The van der Waals surface area contributed by atoms with Crippen LogP contribution in [0.4, 0.5) is 0 Å². The van der Waals surface area contributed by atoms with Gasteiger partial charge in [-0.25, -0.2) is 0 Å². The molecular formula is C24H24N2O2. The molecular weight excluding hydrogens is 348 g/mol. The number of ether oxygens (including phenoxy) is 1. The Morgan fingerprint density at radius 2 is 1.89 bits per heavy atom. The highest BCUT2D eigenvalue weighted by atomic mass is 16.5. The first-order valence-corrected chi connectivity index (χ1v) is 9.70. The first-order chi connectivity index (χ1) is 13.7. The minimum absolute atomic E-state index is 0.0199. The van der Waals surface area contributed by atoms with Gasteiger partial charge in [0.2, 0.25) is 0 Å². The Balaban J connectivity index is 1.45. The molecule has 0 bridgehead atoms. The van der Waals surface area contributed by atoms with Crippen LogP contribution in [0.1, 0.15) is 40.4 Å². The highest BCUT2D eigenvalue weighted by Gasteiger charge is 2.18. The average Bonchev–Trinajstić information content (AvgIpc) is 3.20. The maximum Gasteiger partial charge on any atom is 0.258 e. The van der Waals surface area contributed by atoms with Crippen molar-refractivity contribution in [3.63, 3.8) is 0 Å². The van der Waals surface area contributed by atoms with E-state index in [1.807, 2.05) is 55.5 Å². The van der Waals surface area contributed by atoms with E-state index in [0.29, 0.717) is 0 Å². The third-order valence-electron chi connectivity index (χ3n) is 5.14. The zero-order chi connectivity index (χ0) is 19.3. The number of fused-ring (bicyclic) bond motifs is 1. The largest absolute Gasteiger partial charge is 0.484 e. The Morgan fingerprint density at radius 1 is 1.07 bits per heavy atom. The second kappa shape index (κ2) is 8.26. The SMILES string of the molecule is Cc1ccc([C@H](NC(=O)COc2ccc3c(c2)CCC3)c2ccccn2)cc1. The second-order valence-corrected chi connectivity index (χ2v) is 7.24.